The number of aliphatic carboxylic acids is 1. The van der Waals surface area contributed by atoms with Crippen LogP contribution in [0.25, 0.3) is 10.4 Å². The summed E-state index contributed by atoms with van der Waals surface area (Å²) in [5, 5.41) is 15.0. The number of hydrogen-bond acceptors (Lipinski definition) is 4. The van der Waals surface area contributed by atoms with Crippen LogP contribution in [0.3, 0.4) is 0 Å². The SMILES string of the molecule is CC(C)C[C@H](CC(=O)O)C(=O)NC(C(=O)NCc1ccccc1)c1ccc(-c2ccccc2)s1. The average molecular weight is 479 g/mol. The van der Waals surface area contributed by atoms with Gasteiger partial charge in [0.2, 0.25) is 11.8 Å². The van der Waals surface area contributed by atoms with E-state index in [0.29, 0.717) is 17.8 Å². The topological polar surface area (TPSA) is 95.5 Å². The summed E-state index contributed by atoms with van der Waals surface area (Å²) in [7, 11) is 0. The molecule has 0 saturated carbocycles. The van der Waals surface area contributed by atoms with Gasteiger partial charge >= 0.3 is 5.97 Å². The lowest BCUT2D eigenvalue weighted by Crippen LogP contribution is -2.42. The van der Waals surface area contributed by atoms with Gasteiger partial charge in [-0.05, 0) is 35.6 Å². The Morgan fingerprint density at radius 1 is 0.882 bits per heavy atom. The van der Waals surface area contributed by atoms with Gasteiger partial charge in [-0.15, -0.1) is 11.3 Å². The fourth-order valence-corrected chi connectivity index (χ4v) is 4.81. The van der Waals surface area contributed by atoms with E-state index in [1.807, 2.05) is 86.6 Å². The molecule has 6 nitrogen and oxygen atoms in total. The van der Waals surface area contributed by atoms with Gasteiger partial charge in [-0.3, -0.25) is 14.4 Å². The van der Waals surface area contributed by atoms with Crippen LogP contribution in [0.2, 0.25) is 0 Å². The zero-order valence-corrected chi connectivity index (χ0v) is 20.2. The first-order valence-electron chi connectivity index (χ1n) is 11.3. The van der Waals surface area contributed by atoms with E-state index in [9.17, 15) is 19.5 Å². The molecule has 0 aliphatic rings. The molecule has 0 bridgehead atoms. The minimum Gasteiger partial charge on any atom is -0.481 e. The van der Waals surface area contributed by atoms with Crippen LogP contribution < -0.4 is 10.6 Å². The van der Waals surface area contributed by atoms with E-state index in [2.05, 4.69) is 10.6 Å². The maximum Gasteiger partial charge on any atom is 0.304 e. The zero-order valence-electron chi connectivity index (χ0n) is 19.4. The van der Waals surface area contributed by atoms with Gasteiger partial charge in [0.15, 0.2) is 0 Å². The Morgan fingerprint density at radius 3 is 2.15 bits per heavy atom. The van der Waals surface area contributed by atoms with Crippen molar-refractivity contribution in [1.82, 2.24) is 10.6 Å². The third-order valence-corrected chi connectivity index (χ3v) is 6.57. The van der Waals surface area contributed by atoms with Gasteiger partial charge in [-0.25, -0.2) is 0 Å². The Balaban J connectivity index is 1.83. The van der Waals surface area contributed by atoms with E-state index in [4.69, 9.17) is 0 Å². The first-order valence-corrected chi connectivity index (χ1v) is 12.1. The average Bonchev–Trinajstić information content (AvgIpc) is 3.31. The molecule has 2 aromatic carbocycles. The first kappa shape index (κ1) is 25.2. The molecular formula is C27H30N2O4S. The van der Waals surface area contributed by atoms with Gasteiger partial charge < -0.3 is 15.7 Å². The van der Waals surface area contributed by atoms with Crippen LogP contribution in [-0.2, 0) is 20.9 Å². The predicted octanol–water partition coefficient (Wildman–Crippen LogP) is 5.03. The molecule has 0 radical (unpaired) electrons. The zero-order chi connectivity index (χ0) is 24.5. The van der Waals surface area contributed by atoms with E-state index in [1.165, 1.54) is 11.3 Å². The van der Waals surface area contributed by atoms with Crippen LogP contribution in [0.15, 0.2) is 72.8 Å². The van der Waals surface area contributed by atoms with Crippen molar-refractivity contribution < 1.29 is 19.5 Å². The first-order chi connectivity index (χ1) is 16.3. The van der Waals surface area contributed by atoms with Gasteiger partial charge in [-0.2, -0.15) is 0 Å². The summed E-state index contributed by atoms with van der Waals surface area (Å²) in [4.78, 5) is 39.4. The fourth-order valence-electron chi connectivity index (χ4n) is 3.74. The lowest BCUT2D eigenvalue weighted by Gasteiger charge is -2.22. The van der Waals surface area contributed by atoms with Crippen molar-refractivity contribution >= 4 is 29.1 Å². The lowest BCUT2D eigenvalue weighted by molar-refractivity contribution is -0.141. The number of rotatable bonds is 11. The second-order valence-corrected chi connectivity index (χ2v) is 9.75. The van der Waals surface area contributed by atoms with Crippen LogP contribution in [-0.4, -0.2) is 22.9 Å². The molecule has 3 rings (SSSR count). The summed E-state index contributed by atoms with van der Waals surface area (Å²) in [6.07, 6.45) is 0.151. The van der Waals surface area contributed by atoms with Crippen LogP contribution in [0, 0.1) is 11.8 Å². The highest BCUT2D eigenvalue weighted by molar-refractivity contribution is 7.15. The van der Waals surface area contributed by atoms with E-state index in [1.54, 1.807) is 0 Å². The van der Waals surface area contributed by atoms with Crippen molar-refractivity contribution in [2.45, 2.75) is 39.3 Å². The van der Waals surface area contributed by atoms with Crippen LogP contribution in [0.5, 0.6) is 0 Å². The molecule has 0 aliphatic heterocycles. The summed E-state index contributed by atoms with van der Waals surface area (Å²) in [5.41, 5.74) is 1.97. The molecular weight excluding hydrogens is 448 g/mol. The molecule has 3 N–H and O–H groups in total. The summed E-state index contributed by atoms with van der Waals surface area (Å²) < 4.78 is 0. The van der Waals surface area contributed by atoms with E-state index < -0.39 is 23.8 Å². The summed E-state index contributed by atoms with van der Waals surface area (Å²) in [6.45, 7) is 4.21. The van der Waals surface area contributed by atoms with Crippen molar-refractivity contribution in [1.29, 1.82) is 0 Å². The summed E-state index contributed by atoms with van der Waals surface area (Å²) >= 11 is 1.43. The van der Waals surface area contributed by atoms with E-state index >= 15 is 0 Å². The summed E-state index contributed by atoms with van der Waals surface area (Å²) in [5.74, 6) is -2.36. The van der Waals surface area contributed by atoms with Crippen LogP contribution in [0.1, 0.15) is 43.2 Å². The van der Waals surface area contributed by atoms with Gasteiger partial charge in [0, 0.05) is 22.2 Å². The molecule has 3 aromatic rings. The van der Waals surface area contributed by atoms with E-state index in [0.717, 1.165) is 16.0 Å². The van der Waals surface area contributed by atoms with Crippen molar-refractivity contribution in [3.63, 3.8) is 0 Å². The standard InChI is InChI=1S/C27H30N2O4S/c1-18(2)15-21(16-24(30)31)26(32)29-25(27(33)28-17-19-9-5-3-6-10-19)23-14-13-22(34-23)20-11-7-4-8-12-20/h3-14,18,21,25H,15-17H2,1-2H3,(H,28,33)(H,29,32)(H,30,31)/t21-,25?/m1/s1. The number of carboxylic acids is 1. The predicted molar refractivity (Wildman–Crippen MR) is 134 cm³/mol. The molecule has 0 aliphatic carbocycles. The highest BCUT2D eigenvalue weighted by Gasteiger charge is 2.29. The minimum atomic E-state index is -1.03. The highest BCUT2D eigenvalue weighted by atomic mass is 32.1. The smallest absolute Gasteiger partial charge is 0.304 e. The molecule has 0 spiro atoms. The monoisotopic (exact) mass is 478 g/mol. The Bertz CT molecular complexity index is 1100. The van der Waals surface area contributed by atoms with Gasteiger partial charge in [0.05, 0.1) is 6.42 Å². The quantitative estimate of drug-likeness (QED) is 0.360. The second-order valence-electron chi connectivity index (χ2n) is 8.64. The molecule has 178 valence electrons. The van der Waals surface area contributed by atoms with Crippen molar-refractivity contribution in [2.75, 3.05) is 0 Å². The minimum absolute atomic E-state index is 0.145. The third-order valence-electron chi connectivity index (χ3n) is 5.38. The molecule has 0 saturated heterocycles. The highest BCUT2D eigenvalue weighted by Crippen LogP contribution is 2.32. The molecule has 34 heavy (non-hydrogen) atoms. The number of thiophene rings is 1. The molecule has 7 heteroatoms. The number of benzene rings is 2. The Labute approximate surface area is 204 Å². The maximum atomic E-state index is 13.2. The largest absolute Gasteiger partial charge is 0.481 e. The van der Waals surface area contributed by atoms with Crippen molar-refractivity contribution in [2.24, 2.45) is 11.8 Å². The number of carbonyl (C=O) groups excluding carboxylic acids is 2. The van der Waals surface area contributed by atoms with Gasteiger partial charge in [0.1, 0.15) is 6.04 Å². The number of hydrogen-bond donors (Lipinski definition) is 3. The van der Waals surface area contributed by atoms with Crippen molar-refractivity contribution in [3.8, 4) is 10.4 Å². The molecule has 1 heterocycles. The fraction of sp³-hybridized carbons (Fsp3) is 0.296. The lowest BCUT2D eigenvalue weighted by atomic mass is 9.93. The molecule has 0 fully saturated rings. The number of carboxylic acid groups (broad SMARTS) is 1. The van der Waals surface area contributed by atoms with Crippen LogP contribution in [0.4, 0.5) is 0 Å². The number of nitrogens with one attached hydrogen (secondary N) is 2. The summed E-state index contributed by atoms with van der Waals surface area (Å²) in [6, 6.07) is 22.2. The van der Waals surface area contributed by atoms with Crippen molar-refractivity contribution in [3.05, 3.63) is 83.2 Å². The third kappa shape index (κ3) is 7.28. The van der Waals surface area contributed by atoms with Gasteiger partial charge in [-0.1, -0.05) is 74.5 Å². The van der Waals surface area contributed by atoms with Gasteiger partial charge in [0.25, 0.3) is 0 Å². The molecule has 2 atom stereocenters. The Kier molecular flexibility index (Phi) is 8.99. The second kappa shape index (κ2) is 12.1. The Hall–Kier alpha value is -3.45. The molecule has 1 aromatic heterocycles. The molecule has 2 amide bonds. The Morgan fingerprint density at radius 2 is 1.53 bits per heavy atom. The molecule has 1 unspecified atom stereocenters. The number of amides is 2. The normalized spacial score (nSPS) is 12.7. The van der Waals surface area contributed by atoms with Crippen LogP contribution >= 0.6 is 11.3 Å². The number of carbonyl (C=O) groups is 3. The van der Waals surface area contributed by atoms with E-state index in [-0.39, 0.29) is 18.2 Å². The maximum absolute atomic E-state index is 13.2.